The first-order valence-corrected chi connectivity index (χ1v) is 3.80. The van der Waals surface area contributed by atoms with Gasteiger partial charge in [0.15, 0.2) is 0 Å². The van der Waals surface area contributed by atoms with Gasteiger partial charge in [0.1, 0.15) is 6.79 Å². The van der Waals surface area contributed by atoms with E-state index in [1.165, 1.54) is 0 Å². The van der Waals surface area contributed by atoms with Crippen LogP contribution in [0.4, 0.5) is 0 Å². The van der Waals surface area contributed by atoms with E-state index < -0.39 is 0 Å². The second kappa shape index (κ2) is 8.43. The van der Waals surface area contributed by atoms with Crippen molar-refractivity contribution in [2.24, 2.45) is 0 Å². The molecule has 0 aliphatic heterocycles. The third kappa shape index (κ3) is 9.33. The first-order chi connectivity index (χ1) is 5.62. The van der Waals surface area contributed by atoms with E-state index in [1.54, 1.807) is 0 Å². The largest absolute Gasteiger partial charge is 0.394 e. The maximum atomic E-state index is 8.45. The van der Waals surface area contributed by atoms with Gasteiger partial charge in [-0.2, -0.15) is 0 Å². The fraction of sp³-hybridized carbons (Fsp3) is 0.667. The first kappa shape index (κ1) is 13.9. The van der Waals surface area contributed by atoms with E-state index in [0.29, 0.717) is 6.61 Å². The number of allylic oxidation sites excluding steroid dienone is 1. The van der Waals surface area contributed by atoms with Gasteiger partial charge in [-0.05, 0) is 20.8 Å². The van der Waals surface area contributed by atoms with Crippen LogP contribution < -0.4 is 0 Å². The van der Waals surface area contributed by atoms with Crippen molar-refractivity contribution in [1.29, 1.82) is 0 Å². The summed E-state index contributed by atoms with van der Waals surface area (Å²) in [5.74, 6) is 0. The van der Waals surface area contributed by atoms with E-state index in [1.807, 2.05) is 39.7 Å². The molecule has 0 amide bonds. The first-order valence-electron chi connectivity index (χ1n) is 3.80. The van der Waals surface area contributed by atoms with Crippen molar-refractivity contribution < 1.29 is 14.6 Å². The standard InChI is InChI=1S/C8H16O2.CH2O/c1-4-5-8(2,3)10-7-6-9;1-2/h4-5,9H,6-7H2,1-3H3;1H2/b5-4+;. The molecule has 0 aromatic carbocycles. The minimum absolute atomic E-state index is 0.0843. The molecule has 0 unspecified atom stereocenters. The zero-order chi connectivity index (χ0) is 10.0. The van der Waals surface area contributed by atoms with Crippen LogP contribution in [0.1, 0.15) is 20.8 Å². The lowest BCUT2D eigenvalue weighted by atomic mass is 10.1. The lowest BCUT2D eigenvalue weighted by molar-refractivity contribution is -0.0979. The maximum absolute atomic E-state index is 8.45. The fourth-order valence-electron chi connectivity index (χ4n) is 0.758. The summed E-state index contributed by atoms with van der Waals surface area (Å²) in [6, 6.07) is 0. The smallest absolute Gasteiger partial charge is 0.106 e. The molecule has 0 aliphatic carbocycles. The number of carbonyl (C=O) groups excluding carboxylic acids is 1. The average Bonchev–Trinajstić information content (AvgIpc) is 2.05. The Morgan fingerprint density at radius 3 is 2.33 bits per heavy atom. The molecule has 0 bridgehead atoms. The Labute approximate surface area is 74.0 Å². The number of aliphatic hydroxyl groups is 1. The van der Waals surface area contributed by atoms with Gasteiger partial charge in [0.05, 0.1) is 18.8 Å². The van der Waals surface area contributed by atoms with Gasteiger partial charge in [0, 0.05) is 0 Å². The van der Waals surface area contributed by atoms with Crippen molar-refractivity contribution in [3.8, 4) is 0 Å². The molecule has 0 spiro atoms. The molecule has 12 heavy (non-hydrogen) atoms. The molecule has 3 heteroatoms. The Morgan fingerprint density at radius 2 is 2.00 bits per heavy atom. The van der Waals surface area contributed by atoms with E-state index >= 15 is 0 Å². The molecular weight excluding hydrogens is 156 g/mol. The van der Waals surface area contributed by atoms with Crippen molar-refractivity contribution in [1.82, 2.24) is 0 Å². The van der Waals surface area contributed by atoms with E-state index in [4.69, 9.17) is 14.6 Å². The summed E-state index contributed by atoms with van der Waals surface area (Å²) in [6.07, 6.45) is 3.90. The van der Waals surface area contributed by atoms with Crippen LogP contribution >= 0.6 is 0 Å². The van der Waals surface area contributed by atoms with Crippen LogP contribution in [-0.4, -0.2) is 30.7 Å². The van der Waals surface area contributed by atoms with Crippen LogP contribution in [0.25, 0.3) is 0 Å². The SMILES string of the molecule is C/C=C/C(C)(C)OCCO.C=O. The predicted octanol–water partition coefficient (Wildman–Crippen LogP) is 1.17. The molecule has 0 radical (unpaired) electrons. The molecule has 0 aliphatic rings. The van der Waals surface area contributed by atoms with Crippen LogP contribution in [0, 0.1) is 0 Å². The minimum atomic E-state index is -0.239. The number of hydrogen-bond donors (Lipinski definition) is 1. The molecule has 72 valence electrons. The second-order valence-electron chi connectivity index (χ2n) is 2.68. The molecule has 0 rings (SSSR count). The van der Waals surface area contributed by atoms with E-state index in [9.17, 15) is 0 Å². The summed E-state index contributed by atoms with van der Waals surface area (Å²) in [7, 11) is 0. The van der Waals surface area contributed by atoms with Gasteiger partial charge in [-0.1, -0.05) is 12.2 Å². The summed E-state index contributed by atoms with van der Waals surface area (Å²) in [6.45, 7) is 8.35. The van der Waals surface area contributed by atoms with Crippen LogP contribution in [0.5, 0.6) is 0 Å². The van der Waals surface area contributed by atoms with Gasteiger partial charge in [0.2, 0.25) is 0 Å². The highest BCUT2D eigenvalue weighted by Gasteiger charge is 2.11. The molecule has 3 nitrogen and oxygen atoms in total. The van der Waals surface area contributed by atoms with Crippen molar-refractivity contribution >= 4 is 6.79 Å². The highest BCUT2D eigenvalue weighted by molar-refractivity contribution is 5.10. The highest BCUT2D eigenvalue weighted by atomic mass is 16.5. The molecule has 0 fully saturated rings. The summed E-state index contributed by atoms with van der Waals surface area (Å²) in [5.41, 5.74) is -0.239. The van der Waals surface area contributed by atoms with E-state index in [-0.39, 0.29) is 12.2 Å². The number of carbonyl (C=O) groups is 1. The van der Waals surface area contributed by atoms with Crippen LogP contribution in [0.3, 0.4) is 0 Å². The van der Waals surface area contributed by atoms with Gasteiger partial charge in [-0.3, -0.25) is 0 Å². The average molecular weight is 174 g/mol. The van der Waals surface area contributed by atoms with Gasteiger partial charge in [0.25, 0.3) is 0 Å². The topological polar surface area (TPSA) is 46.5 Å². The number of hydrogen-bond acceptors (Lipinski definition) is 3. The third-order valence-corrected chi connectivity index (χ3v) is 1.13. The monoisotopic (exact) mass is 174 g/mol. The van der Waals surface area contributed by atoms with Gasteiger partial charge in [-0.15, -0.1) is 0 Å². The van der Waals surface area contributed by atoms with Crippen LogP contribution in [-0.2, 0) is 9.53 Å². The number of ether oxygens (including phenoxy) is 1. The zero-order valence-electron chi connectivity index (χ0n) is 8.04. The van der Waals surface area contributed by atoms with Gasteiger partial charge < -0.3 is 14.6 Å². The van der Waals surface area contributed by atoms with Gasteiger partial charge in [-0.25, -0.2) is 0 Å². The summed E-state index contributed by atoms with van der Waals surface area (Å²) in [5, 5.41) is 8.45. The van der Waals surface area contributed by atoms with Crippen molar-refractivity contribution in [3.05, 3.63) is 12.2 Å². The van der Waals surface area contributed by atoms with Gasteiger partial charge >= 0.3 is 0 Å². The molecule has 0 atom stereocenters. The van der Waals surface area contributed by atoms with Crippen LogP contribution in [0.15, 0.2) is 12.2 Å². The highest BCUT2D eigenvalue weighted by Crippen LogP contribution is 2.09. The second-order valence-corrected chi connectivity index (χ2v) is 2.68. The Kier molecular flexibility index (Phi) is 9.75. The Bertz CT molecular complexity index is 119. The Hall–Kier alpha value is -0.670. The van der Waals surface area contributed by atoms with E-state index in [0.717, 1.165) is 0 Å². The molecule has 0 saturated carbocycles. The molecule has 0 saturated heterocycles. The molecule has 0 aromatic rings. The summed E-state index contributed by atoms with van der Waals surface area (Å²) in [4.78, 5) is 8.00. The lowest BCUT2D eigenvalue weighted by Gasteiger charge is -2.20. The lowest BCUT2D eigenvalue weighted by Crippen LogP contribution is -2.22. The number of rotatable bonds is 4. The minimum Gasteiger partial charge on any atom is -0.394 e. The quantitative estimate of drug-likeness (QED) is 0.651. The summed E-state index contributed by atoms with van der Waals surface area (Å²) < 4.78 is 5.28. The van der Waals surface area contributed by atoms with Crippen molar-refractivity contribution in [2.75, 3.05) is 13.2 Å². The predicted molar refractivity (Wildman–Crippen MR) is 49.1 cm³/mol. The fourth-order valence-corrected chi connectivity index (χ4v) is 0.758. The third-order valence-electron chi connectivity index (χ3n) is 1.13. The Morgan fingerprint density at radius 1 is 1.50 bits per heavy atom. The van der Waals surface area contributed by atoms with Crippen LogP contribution in [0.2, 0.25) is 0 Å². The van der Waals surface area contributed by atoms with Crippen molar-refractivity contribution in [2.45, 2.75) is 26.4 Å². The van der Waals surface area contributed by atoms with Crippen molar-refractivity contribution in [3.63, 3.8) is 0 Å². The molecule has 0 aromatic heterocycles. The summed E-state index contributed by atoms with van der Waals surface area (Å²) >= 11 is 0. The maximum Gasteiger partial charge on any atom is 0.106 e. The van der Waals surface area contributed by atoms with E-state index in [2.05, 4.69) is 0 Å². The molecular formula is C9H18O3. The normalized spacial score (nSPS) is 11.0. The number of aliphatic hydroxyl groups excluding tert-OH is 1. The molecule has 0 heterocycles. The Balaban J connectivity index is 0. The zero-order valence-corrected chi connectivity index (χ0v) is 8.04. The molecule has 1 N–H and O–H groups in total.